The van der Waals surface area contributed by atoms with Crippen molar-refractivity contribution in [3.63, 3.8) is 0 Å². The van der Waals surface area contributed by atoms with Gasteiger partial charge >= 0.3 is 0 Å². The number of aryl methyl sites for hydroxylation is 1. The molecule has 0 amide bonds. The second-order valence-electron chi connectivity index (χ2n) is 5.18. The van der Waals surface area contributed by atoms with E-state index in [0.717, 1.165) is 41.7 Å². The van der Waals surface area contributed by atoms with Crippen LogP contribution in [0.4, 0.5) is 5.69 Å². The molecular formula is C17H22ClN3. The van der Waals surface area contributed by atoms with E-state index in [2.05, 4.69) is 41.3 Å². The molecule has 0 aliphatic carbocycles. The molecule has 1 N–H and O–H groups in total. The van der Waals surface area contributed by atoms with E-state index in [-0.39, 0.29) is 0 Å². The van der Waals surface area contributed by atoms with Crippen LogP contribution in [0.25, 0.3) is 0 Å². The van der Waals surface area contributed by atoms with Crippen molar-refractivity contribution < 1.29 is 0 Å². The van der Waals surface area contributed by atoms with Crippen LogP contribution < -0.4 is 10.2 Å². The van der Waals surface area contributed by atoms with Gasteiger partial charge < -0.3 is 10.2 Å². The summed E-state index contributed by atoms with van der Waals surface area (Å²) in [5.41, 5.74) is 4.50. The van der Waals surface area contributed by atoms with E-state index in [1.807, 2.05) is 31.2 Å². The second kappa shape index (κ2) is 7.43. The van der Waals surface area contributed by atoms with Crippen molar-refractivity contribution >= 4 is 17.3 Å². The van der Waals surface area contributed by atoms with Crippen molar-refractivity contribution in [2.75, 3.05) is 18.5 Å². The number of hydrogen-bond acceptors (Lipinski definition) is 3. The van der Waals surface area contributed by atoms with Crippen molar-refractivity contribution in [1.82, 2.24) is 10.3 Å². The van der Waals surface area contributed by atoms with Gasteiger partial charge in [-0.15, -0.1) is 0 Å². The van der Waals surface area contributed by atoms with E-state index in [1.54, 1.807) is 0 Å². The Morgan fingerprint density at radius 2 is 2.05 bits per heavy atom. The van der Waals surface area contributed by atoms with Crippen LogP contribution in [-0.4, -0.2) is 18.6 Å². The van der Waals surface area contributed by atoms with Crippen LogP contribution in [-0.2, 0) is 13.1 Å². The van der Waals surface area contributed by atoms with Crippen LogP contribution in [0.1, 0.15) is 23.9 Å². The van der Waals surface area contributed by atoms with Gasteiger partial charge in [0.05, 0.1) is 12.2 Å². The highest BCUT2D eigenvalue weighted by atomic mass is 35.5. The zero-order chi connectivity index (χ0) is 15.2. The molecule has 0 aliphatic rings. The molecule has 0 aliphatic heterocycles. The predicted molar refractivity (Wildman–Crippen MR) is 89.9 cm³/mol. The molecule has 0 spiro atoms. The molecule has 0 saturated heterocycles. The highest BCUT2D eigenvalue weighted by Gasteiger charge is 2.09. The van der Waals surface area contributed by atoms with E-state index in [4.69, 9.17) is 11.6 Å². The minimum atomic E-state index is 0.759. The van der Waals surface area contributed by atoms with Gasteiger partial charge in [0.2, 0.25) is 0 Å². The van der Waals surface area contributed by atoms with Gasteiger partial charge in [-0.25, -0.2) is 0 Å². The summed E-state index contributed by atoms with van der Waals surface area (Å²) in [4.78, 5) is 6.76. The van der Waals surface area contributed by atoms with Crippen LogP contribution in [0.2, 0.25) is 5.02 Å². The molecule has 0 radical (unpaired) electrons. The van der Waals surface area contributed by atoms with E-state index >= 15 is 0 Å². The third-order valence-corrected chi connectivity index (χ3v) is 3.60. The lowest BCUT2D eigenvalue weighted by Gasteiger charge is -2.23. The lowest BCUT2D eigenvalue weighted by Crippen LogP contribution is -2.21. The molecule has 4 heteroatoms. The van der Waals surface area contributed by atoms with Crippen LogP contribution in [0.3, 0.4) is 0 Å². The molecule has 3 nitrogen and oxygen atoms in total. The third-order valence-electron chi connectivity index (χ3n) is 3.37. The van der Waals surface area contributed by atoms with Crippen molar-refractivity contribution in [2.45, 2.75) is 26.9 Å². The number of aromatic nitrogens is 1. The number of nitrogens with one attached hydrogen (secondary N) is 1. The topological polar surface area (TPSA) is 28.2 Å². The first-order chi connectivity index (χ1) is 10.1. The smallest absolute Gasteiger partial charge is 0.0600 e. The number of benzene rings is 1. The molecule has 112 valence electrons. The summed E-state index contributed by atoms with van der Waals surface area (Å²) in [5, 5.41) is 4.13. The molecule has 0 fully saturated rings. The van der Waals surface area contributed by atoms with Crippen molar-refractivity contribution in [3.05, 3.63) is 58.4 Å². The SMILES string of the molecule is CCNCc1ccc(Cl)cc1N(C)Cc1cccc(C)n1. The standard InChI is InChI=1S/C17H22ClN3/c1-4-19-11-14-8-9-15(18)10-17(14)21(3)12-16-7-5-6-13(2)20-16/h5-10,19H,4,11-12H2,1-3H3. The number of anilines is 1. The average Bonchev–Trinajstić information content (AvgIpc) is 2.46. The zero-order valence-corrected chi connectivity index (χ0v) is 13.6. The minimum Gasteiger partial charge on any atom is -0.368 e. The van der Waals surface area contributed by atoms with Gasteiger partial charge in [-0.05, 0) is 43.3 Å². The fourth-order valence-electron chi connectivity index (χ4n) is 2.32. The molecule has 0 saturated carbocycles. The Labute approximate surface area is 132 Å². The van der Waals surface area contributed by atoms with Gasteiger partial charge in [0.25, 0.3) is 0 Å². The Bertz CT molecular complexity index is 598. The molecule has 0 atom stereocenters. The fraction of sp³-hybridized carbons (Fsp3) is 0.353. The molecule has 1 aromatic heterocycles. The number of hydrogen-bond donors (Lipinski definition) is 1. The second-order valence-corrected chi connectivity index (χ2v) is 5.62. The number of nitrogens with zero attached hydrogens (tertiary/aromatic N) is 2. The largest absolute Gasteiger partial charge is 0.368 e. The summed E-state index contributed by atoms with van der Waals surface area (Å²) >= 11 is 6.16. The molecule has 2 aromatic rings. The van der Waals surface area contributed by atoms with Gasteiger partial charge in [0.15, 0.2) is 0 Å². The molecule has 0 bridgehead atoms. The number of pyridine rings is 1. The van der Waals surface area contributed by atoms with Crippen molar-refractivity contribution in [2.24, 2.45) is 0 Å². The summed E-state index contributed by atoms with van der Waals surface area (Å²) in [6.45, 7) is 6.68. The van der Waals surface area contributed by atoms with Crippen molar-refractivity contribution in [1.29, 1.82) is 0 Å². The van der Waals surface area contributed by atoms with Gasteiger partial charge in [-0.2, -0.15) is 0 Å². The highest BCUT2D eigenvalue weighted by molar-refractivity contribution is 6.30. The Kier molecular flexibility index (Phi) is 5.59. The molecule has 2 rings (SSSR count). The molecular weight excluding hydrogens is 282 g/mol. The van der Waals surface area contributed by atoms with Gasteiger partial charge in [-0.1, -0.05) is 30.7 Å². The van der Waals surface area contributed by atoms with E-state index < -0.39 is 0 Å². The zero-order valence-electron chi connectivity index (χ0n) is 12.9. The summed E-state index contributed by atoms with van der Waals surface area (Å²) in [6, 6.07) is 12.2. The quantitative estimate of drug-likeness (QED) is 0.880. The van der Waals surface area contributed by atoms with Crippen LogP contribution in [0.5, 0.6) is 0 Å². The molecule has 1 heterocycles. The first-order valence-corrected chi connectivity index (χ1v) is 7.60. The summed E-state index contributed by atoms with van der Waals surface area (Å²) in [7, 11) is 2.07. The Balaban J connectivity index is 2.20. The lowest BCUT2D eigenvalue weighted by atomic mass is 10.1. The normalized spacial score (nSPS) is 10.7. The van der Waals surface area contributed by atoms with E-state index in [0.29, 0.717) is 0 Å². The maximum Gasteiger partial charge on any atom is 0.0600 e. The van der Waals surface area contributed by atoms with Crippen molar-refractivity contribution in [3.8, 4) is 0 Å². The monoisotopic (exact) mass is 303 g/mol. The summed E-state index contributed by atoms with van der Waals surface area (Å²) in [5.74, 6) is 0. The fourth-order valence-corrected chi connectivity index (χ4v) is 2.48. The van der Waals surface area contributed by atoms with Crippen LogP contribution >= 0.6 is 11.6 Å². The number of halogens is 1. The first kappa shape index (κ1) is 15.8. The Hall–Kier alpha value is -1.58. The van der Waals surface area contributed by atoms with Crippen LogP contribution in [0.15, 0.2) is 36.4 Å². The van der Waals surface area contributed by atoms with Gasteiger partial charge in [-0.3, -0.25) is 4.98 Å². The predicted octanol–water partition coefficient (Wildman–Crippen LogP) is 3.79. The summed E-state index contributed by atoms with van der Waals surface area (Å²) < 4.78 is 0. The molecule has 1 aromatic carbocycles. The average molecular weight is 304 g/mol. The highest BCUT2D eigenvalue weighted by Crippen LogP contribution is 2.25. The maximum absolute atomic E-state index is 6.16. The maximum atomic E-state index is 6.16. The van der Waals surface area contributed by atoms with Crippen LogP contribution in [0, 0.1) is 6.92 Å². The Morgan fingerprint density at radius 1 is 1.24 bits per heavy atom. The summed E-state index contributed by atoms with van der Waals surface area (Å²) in [6.07, 6.45) is 0. The lowest BCUT2D eigenvalue weighted by molar-refractivity contribution is 0.722. The Morgan fingerprint density at radius 3 is 2.76 bits per heavy atom. The third kappa shape index (κ3) is 4.45. The van der Waals surface area contributed by atoms with Gasteiger partial charge in [0.1, 0.15) is 0 Å². The number of rotatable bonds is 6. The van der Waals surface area contributed by atoms with E-state index in [9.17, 15) is 0 Å². The molecule has 0 unspecified atom stereocenters. The van der Waals surface area contributed by atoms with Gasteiger partial charge in [0, 0.05) is 30.0 Å². The van der Waals surface area contributed by atoms with E-state index in [1.165, 1.54) is 5.56 Å². The first-order valence-electron chi connectivity index (χ1n) is 7.23. The molecule has 21 heavy (non-hydrogen) atoms. The minimum absolute atomic E-state index is 0.759.